The highest BCUT2D eigenvalue weighted by molar-refractivity contribution is 7.81. The third kappa shape index (κ3) is 10.7. The fraction of sp³-hybridized carbons (Fsp3) is 0.583. The van der Waals surface area contributed by atoms with Crippen molar-refractivity contribution in [1.29, 1.82) is 0 Å². The molecule has 0 saturated carbocycles. The number of carbonyl (C=O) groups excluding carboxylic acids is 6. The van der Waals surface area contributed by atoms with E-state index in [1.807, 2.05) is 0 Å². The van der Waals surface area contributed by atoms with Crippen LogP contribution in [0.5, 0.6) is 0 Å². The molecule has 2 aliphatic rings. The fourth-order valence-electron chi connectivity index (χ4n) is 4.17. The van der Waals surface area contributed by atoms with Crippen molar-refractivity contribution in [2.24, 2.45) is 0 Å². The van der Waals surface area contributed by atoms with Crippen molar-refractivity contribution in [3.8, 4) is 0 Å². The number of imide groups is 2. The van der Waals surface area contributed by atoms with Crippen LogP contribution >= 0.6 is 12.6 Å². The van der Waals surface area contributed by atoms with Gasteiger partial charge >= 0.3 is 11.9 Å². The van der Waals surface area contributed by atoms with Crippen LogP contribution in [0, 0.1) is 0 Å². The largest absolute Gasteiger partial charge is 0.480 e. The second kappa shape index (κ2) is 15.2. The topological polar surface area (TPSA) is 190 Å². The summed E-state index contributed by atoms with van der Waals surface area (Å²) >= 11 is 4.04. The van der Waals surface area contributed by atoms with E-state index in [1.54, 1.807) is 0 Å². The Hall–Kier alpha value is -3.43. The minimum absolute atomic E-state index is 0.000490. The maximum atomic E-state index is 12.5. The number of likely N-dealkylation sites (tertiary alicyclic amines) is 1. The summed E-state index contributed by atoms with van der Waals surface area (Å²) in [4.78, 5) is 99.0. The van der Waals surface area contributed by atoms with Gasteiger partial charge in [-0.1, -0.05) is 0 Å². The first-order chi connectivity index (χ1) is 18.4. The zero-order chi connectivity index (χ0) is 29.1. The lowest BCUT2D eigenvalue weighted by molar-refractivity contribution is -0.141. The van der Waals surface area contributed by atoms with E-state index in [4.69, 9.17) is 0 Å². The van der Waals surface area contributed by atoms with E-state index >= 15 is 0 Å². The molecule has 2 heterocycles. The quantitative estimate of drug-likeness (QED) is 0.120. The van der Waals surface area contributed by atoms with Crippen molar-refractivity contribution in [2.45, 2.75) is 37.4 Å². The Kier molecular flexibility index (Phi) is 12.4. The van der Waals surface area contributed by atoms with Crippen LogP contribution in [0.4, 0.5) is 0 Å². The molecule has 2 rings (SSSR count). The lowest BCUT2D eigenvalue weighted by atomic mass is 10.2. The van der Waals surface area contributed by atoms with E-state index in [0.717, 1.165) is 22.0 Å². The summed E-state index contributed by atoms with van der Waals surface area (Å²) in [5, 5.41) is 17.7. The first kappa shape index (κ1) is 31.8. The monoisotopic (exact) mass is 568 g/mol. The van der Waals surface area contributed by atoms with E-state index in [2.05, 4.69) is 12.6 Å². The molecule has 0 bridgehead atoms. The van der Waals surface area contributed by atoms with Gasteiger partial charge in [0.25, 0.3) is 11.8 Å². The maximum absolute atomic E-state index is 12.5. The van der Waals surface area contributed by atoms with Gasteiger partial charge in [-0.05, 0) is 12.8 Å². The van der Waals surface area contributed by atoms with Gasteiger partial charge in [0.2, 0.25) is 11.8 Å². The Morgan fingerprint density at radius 1 is 0.769 bits per heavy atom. The van der Waals surface area contributed by atoms with E-state index in [1.165, 1.54) is 9.80 Å². The lowest BCUT2D eigenvalue weighted by Gasteiger charge is -2.25. The number of Topliss-reactive ketones (excluding diaryl/α,β-unsaturated/α-hetero) is 2. The Balaban J connectivity index is 1.82. The molecule has 0 aromatic heterocycles. The molecule has 0 aromatic rings. The molecule has 2 N–H and O–H groups in total. The van der Waals surface area contributed by atoms with Crippen molar-refractivity contribution in [1.82, 2.24) is 19.6 Å². The highest BCUT2D eigenvalue weighted by Gasteiger charge is 2.35. The number of amides is 4. The number of ketones is 2. The Labute approximate surface area is 230 Å². The normalized spacial score (nSPS) is 17.3. The Morgan fingerprint density at radius 2 is 1.21 bits per heavy atom. The lowest BCUT2D eigenvalue weighted by Crippen LogP contribution is -2.43. The highest BCUT2D eigenvalue weighted by atomic mass is 32.1. The molecule has 15 heteroatoms. The molecule has 0 radical (unpaired) electrons. The Morgan fingerprint density at radius 3 is 1.59 bits per heavy atom. The number of nitrogens with zero attached hydrogens (tertiary/aromatic N) is 4. The van der Waals surface area contributed by atoms with Crippen LogP contribution in [0.2, 0.25) is 0 Å². The van der Waals surface area contributed by atoms with Gasteiger partial charge in [-0.15, -0.1) is 0 Å². The number of carboxylic acids is 2. The molecule has 14 nitrogen and oxygen atoms in total. The SMILES string of the molecule is O=C(O)CN(CCN(CC(=O)O)CC(=O)CCCN1C(=O)CC(S)C1=O)CC(=O)CCCN1C(=O)C=CC1=O. The molecule has 1 fully saturated rings. The van der Waals surface area contributed by atoms with Gasteiger partial charge in [0.15, 0.2) is 0 Å². The van der Waals surface area contributed by atoms with Crippen LogP contribution in [0.15, 0.2) is 12.2 Å². The fourth-order valence-corrected chi connectivity index (χ4v) is 4.47. The van der Waals surface area contributed by atoms with Crippen molar-refractivity contribution >= 4 is 59.8 Å². The smallest absolute Gasteiger partial charge is 0.317 e. The van der Waals surface area contributed by atoms with Crippen LogP contribution in [0.3, 0.4) is 0 Å². The number of carbonyl (C=O) groups is 8. The average Bonchev–Trinajstić information content (AvgIpc) is 3.28. The summed E-state index contributed by atoms with van der Waals surface area (Å²) in [6.45, 7) is -1.37. The molecule has 4 amide bonds. The second-order valence-electron chi connectivity index (χ2n) is 9.26. The minimum Gasteiger partial charge on any atom is -0.480 e. The number of aliphatic carboxylic acids is 2. The van der Waals surface area contributed by atoms with E-state index in [9.17, 15) is 48.6 Å². The zero-order valence-electron chi connectivity index (χ0n) is 21.3. The maximum Gasteiger partial charge on any atom is 0.317 e. The molecule has 0 aliphatic carbocycles. The summed E-state index contributed by atoms with van der Waals surface area (Å²) < 4.78 is 0. The van der Waals surface area contributed by atoms with Crippen LogP contribution in [0.25, 0.3) is 0 Å². The first-order valence-corrected chi connectivity index (χ1v) is 12.9. The Bertz CT molecular complexity index is 1030. The third-order valence-corrected chi connectivity index (χ3v) is 6.45. The summed E-state index contributed by atoms with van der Waals surface area (Å²) in [6.07, 6.45) is 2.70. The molecule has 2 aliphatic heterocycles. The van der Waals surface area contributed by atoms with Gasteiger partial charge < -0.3 is 10.2 Å². The zero-order valence-corrected chi connectivity index (χ0v) is 22.2. The van der Waals surface area contributed by atoms with Gasteiger partial charge in [-0.3, -0.25) is 58.0 Å². The summed E-state index contributed by atoms with van der Waals surface area (Å²) in [5.41, 5.74) is 0. The number of thiol groups is 1. The summed E-state index contributed by atoms with van der Waals surface area (Å²) in [5.74, 6) is -4.73. The molecule has 1 saturated heterocycles. The van der Waals surface area contributed by atoms with Gasteiger partial charge in [-0.25, -0.2) is 0 Å². The first-order valence-electron chi connectivity index (χ1n) is 12.3. The molecule has 1 atom stereocenters. The van der Waals surface area contributed by atoms with E-state index in [-0.39, 0.29) is 88.8 Å². The molecule has 39 heavy (non-hydrogen) atoms. The summed E-state index contributed by atoms with van der Waals surface area (Å²) in [6, 6.07) is 0. The number of hydrogen-bond acceptors (Lipinski definition) is 11. The van der Waals surface area contributed by atoms with E-state index in [0.29, 0.717) is 0 Å². The molecule has 0 aromatic carbocycles. The third-order valence-electron chi connectivity index (χ3n) is 6.05. The van der Waals surface area contributed by atoms with Crippen LogP contribution in [0.1, 0.15) is 32.1 Å². The van der Waals surface area contributed by atoms with Crippen LogP contribution < -0.4 is 0 Å². The van der Waals surface area contributed by atoms with Gasteiger partial charge in [0.1, 0.15) is 11.6 Å². The van der Waals surface area contributed by atoms with Crippen LogP contribution in [-0.2, 0) is 38.4 Å². The molecule has 0 spiro atoms. The van der Waals surface area contributed by atoms with Crippen molar-refractivity contribution < 1.29 is 48.6 Å². The number of carboxylic acid groups (broad SMARTS) is 2. The van der Waals surface area contributed by atoms with Crippen molar-refractivity contribution in [2.75, 3.05) is 52.4 Å². The highest BCUT2D eigenvalue weighted by Crippen LogP contribution is 2.18. The van der Waals surface area contributed by atoms with Gasteiger partial charge in [0, 0.05) is 57.6 Å². The molecular formula is C24H32N4O10S. The van der Waals surface area contributed by atoms with Crippen molar-refractivity contribution in [3.63, 3.8) is 0 Å². The minimum atomic E-state index is -1.20. The van der Waals surface area contributed by atoms with Gasteiger partial charge in [-0.2, -0.15) is 12.6 Å². The average molecular weight is 569 g/mol. The predicted octanol–water partition coefficient (Wildman–Crippen LogP) is -1.56. The van der Waals surface area contributed by atoms with Crippen molar-refractivity contribution in [3.05, 3.63) is 12.2 Å². The standard InChI is InChI=1S/C24H32N4O10S/c29-16(3-1-7-27-19(31)5-6-20(27)32)12-25(14-22(34)35)9-10-26(15-23(36)37)13-17(30)4-2-8-28-21(33)11-18(39)24(28)38/h5-6,18,39H,1-4,7-15H2,(H,34,35)(H,36,37). The number of hydrogen-bond donors (Lipinski definition) is 3. The van der Waals surface area contributed by atoms with E-state index < -0.39 is 48.0 Å². The summed E-state index contributed by atoms with van der Waals surface area (Å²) in [7, 11) is 0. The molecule has 1 unspecified atom stereocenters. The number of rotatable bonds is 19. The predicted molar refractivity (Wildman–Crippen MR) is 137 cm³/mol. The molecule has 214 valence electrons. The van der Waals surface area contributed by atoms with Crippen LogP contribution in [-0.4, -0.2) is 135 Å². The van der Waals surface area contributed by atoms with Gasteiger partial charge in [0.05, 0.1) is 31.4 Å². The second-order valence-corrected chi connectivity index (χ2v) is 9.88. The molecular weight excluding hydrogens is 536 g/mol.